The van der Waals surface area contributed by atoms with Gasteiger partial charge in [0.2, 0.25) is 0 Å². The van der Waals surface area contributed by atoms with Crippen molar-refractivity contribution >= 4 is 0 Å². The summed E-state index contributed by atoms with van der Waals surface area (Å²) in [5.41, 5.74) is 9.60. The summed E-state index contributed by atoms with van der Waals surface area (Å²) < 4.78 is 0. The average Bonchev–Trinajstić information content (AvgIpc) is 2.71. The first-order valence-electron chi connectivity index (χ1n) is 6.83. The van der Waals surface area contributed by atoms with Crippen molar-refractivity contribution in [3.05, 3.63) is 35.4 Å². The smallest absolute Gasteiger partial charge is 0.0283 e. The van der Waals surface area contributed by atoms with E-state index in [4.69, 9.17) is 5.73 Å². The van der Waals surface area contributed by atoms with Gasteiger partial charge < -0.3 is 5.73 Å². The summed E-state index contributed by atoms with van der Waals surface area (Å²) >= 11 is 0. The highest BCUT2D eigenvalue weighted by atomic mass is 15.2. The Morgan fingerprint density at radius 3 is 2.18 bits per heavy atom. The van der Waals surface area contributed by atoms with Gasteiger partial charge in [-0.05, 0) is 24.0 Å². The Balaban J connectivity index is 1.65. The number of nitrogens with two attached hydrogens (primary N) is 1. The molecular weight excluding hydrogens is 208 g/mol. The number of hydrogen-bond acceptors (Lipinski definition) is 2. The summed E-state index contributed by atoms with van der Waals surface area (Å²) in [6, 6.07) is 8.78. The molecule has 2 aliphatic rings. The number of fused-ring (bicyclic) bond motifs is 1. The van der Waals surface area contributed by atoms with E-state index >= 15 is 0 Å². The molecule has 2 N–H and O–H groups in total. The summed E-state index contributed by atoms with van der Waals surface area (Å²) in [6.45, 7) is 3.26. The molecule has 1 heterocycles. The predicted octanol–water partition coefficient (Wildman–Crippen LogP) is 2.66. The minimum atomic E-state index is 0.0836. The van der Waals surface area contributed by atoms with Gasteiger partial charge in [0.1, 0.15) is 0 Å². The first-order valence-corrected chi connectivity index (χ1v) is 6.83. The molecule has 1 fully saturated rings. The largest absolute Gasteiger partial charge is 0.324 e. The lowest BCUT2D eigenvalue weighted by atomic mass is 9.82. The summed E-state index contributed by atoms with van der Waals surface area (Å²) in [4.78, 5) is 2.52. The lowest BCUT2D eigenvalue weighted by Crippen LogP contribution is -2.50. The van der Waals surface area contributed by atoms with Crippen LogP contribution in [0.3, 0.4) is 0 Å². The molecule has 3 rings (SSSR count). The monoisotopic (exact) mass is 230 g/mol. The Bertz CT molecular complexity index is 369. The Labute approximate surface area is 104 Å². The van der Waals surface area contributed by atoms with Crippen LogP contribution < -0.4 is 5.73 Å². The van der Waals surface area contributed by atoms with E-state index in [0.717, 1.165) is 19.6 Å². The average molecular weight is 230 g/mol. The van der Waals surface area contributed by atoms with Gasteiger partial charge in [-0.3, -0.25) is 4.90 Å². The van der Waals surface area contributed by atoms with Crippen LogP contribution in [0.4, 0.5) is 0 Å². The second kappa shape index (κ2) is 4.43. The van der Waals surface area contributed by atoms with Crippen LogP contribution >= 0.6 is 0 Å². The Kier molecular flexibility index (Phi) is 2.93. The molecule has 2 nitrogen and oxygen atoms in total. The van der Waals surface area contributed by atoms with Gasteiger partial charge in [0.05, 0.1) is 0 Å². The van der Waals surface area contributed by atoms with Crippen molar-refractivity contribution in [1.29, 1.82) is 0 Å². The molecule has 0 unspecified atom stereocenters. The highest BCUT2D eigenvalue weighted by Crippen LogP contribution is 2.30. The maximum Gasteiger partial charge on any atom is 0.0283 e. The Hall–Kier alpha value is -0.860. The van der Waals surface area contributed by atoms with Crippen LogP contribution in [-0.4, -0.2) is 17.0 Å². The molecule has 2 heteroatoms. The van der Waals surface area contributed by atoms with Gasteiger partial charge >= 0.3 is 0 Å². The first kappa shape index (κ1) is 11.2. The molecule has 0 radical (unpaired) electrons. The molecule has 0 amide bonds. The second-order valence-corrected chi connectivity index (χ2v) is 5.84. The van der Waals surface area contributed by atoms with E-state index in [0.29, 0.717) is 0 Å². The predicted molar refractivity (Wildman–Crippen MR) is 70.6 cm³/mol. The normalized spacial score (nSPS) is 23.6. The van der Waals surface area contributed by atoms with Crippen molar-refractivity contribution in [2.45, 2.75) is 50.7 Å². The summed E-state index contributed by atoms with van der Waals surface area (Å²) in [6.07, 6.45) is 6.42. The first-order chi connectivity index (χ1) is 8.25. The number of nitrogens with zero attached hydrogens (tertiary/aromatic N) is 1. The van der Waals surface area contributed by atoms with Crippen LogP contribution in [0.2, 0.25) is 0 Å². The zero-order valence-electron chi connectivity index (χ0n) is 10.5. The maximum absolute atomic E-state index is 6.53. The molecule has 1 aromatic carbocycles. The zero-order valence-corrected chi connectivity index (χ0v) is 10.5. The molecule has 17 heavy (non-hydrogen) atoms. The fraction of sp³-hybridized carbons (Fsp3) is 0.600. The third-order valence-corrected chi connectivity index (χ3v) is 4.29. The molecule has 0 atom stereocenters. The molecule has 1 aliphatic heterocycles. The quantitative estimate of drug-likeness (QED) is 0.846. The van der Waals surface area contributed by atoms with Gasteiger partial charge in [-0.25, -0.2) is 0 Å². The summed E-state index contributed by atoms with van der Waals surface area (Å²) in [7, 11) is 0. The molecule has 0 bridgehead atoms. The minimum Gasteiger partial charge on any atom is -0.324 e. The minimum absolute atomic E-state index is 0.0836. The number of rotatable bonds is 2. The zero-order chi connectivity index (χ0) is 11.7. The molecule has 1 aliphatic carbocycles. The van der Waals surface area contributed by atoms with Crippen LogP contribution in [0.5, 0.6) is 0 Å². The molecule has 1 aromatic rings. The van der Waals surface area contributed by atoms with E-state index in [1.807, 2.05) is 0 Å². The van der Waals surface area contributed by atoms with Crippen LogP contribution in [0.15, 0.2) is 24.3 Å². The van der Waals surface area contributed by atoms with E-state index in [2.05, 4.69) is 29.2 Å². The lowest BCUT2D eigenvalue weighted by molar-refractivity contribution is 0.173. The summed E-state index contributed by atoms with van der Waals surface area (Å²) in [5.74, 6) is 0. The van der Waals surface area contributed by atoms with Crippen LogP contribution in [0, 0.1) is 0 Å². The molecule has 1 saturated carbocycles. The van der Waals surface area contributed by atoms with Gasteiger partial charge in [-0.15, -0.1) is 0 Å². The van der Waals surface area contributed by atoms with Gasteiger partial charge in [-0.1, -0.05) is 43.5 Å². The van der Waals surface area contributed by atoms with Crippen molar-refractivity contribution < 1.29 is 0 Å². The molecule has 0 spiro atoms. The van der Waals surface area contributed by atoms with Crippen molar-refractivity contribution in [2.75, 3.05) is 6.54 Å². The highest BCUT2D eigenvalue weighted by molar-refractivity contribution is 5.30. The fourth-order valence-corrected chi connectivity index (χ4v) is 3.37. The van der Waals surface area contributed by atoms with Crippen molar-refractivity contribution in [3.63, 3.8) is 0 Å². The van der Waals surface area contributed by atoms with E-state index < -0.39 is 0 Å². The van der Waals surface area contributed by atoms with E-state index in [1.54, 1.807) is 0 Å². The SMILES string of the molecule is NC1(CN2Cc3ccccc3C2)CCCCC1. The third kappa shape index (κ3) is 2.38. The number of hydrogen-bond donors (Lipinski definition) is 1. The maximum atomic E-state index is 6.53. The third-order valence-electron chi connectivity index (χ3n) is 4.29. The van der Waals surface area contributed by atoms with E-state index in [9.17, 15) is 0 Å². The topological polar surface area (TPSA) is 29.3 Å². The van der Waals surface area contributed by atoms with Crippen LogP contribution in [0.1, 0.15) is 43.2 Å². The second-order valence-electron chi connectivity index (χ2n) is 5.84. The molecule has 0 aromatic heterocycles. The van der Waals surface area contributed by atoms with Crippen LogP contribution in [-0.2, 0) is 13.1 Å². The van der Waals surface area contributed by atoms with Gasteiger partial charge in [0.15, 0.2) is 0 Å². The molecule has 92 valence electrons. The van der Waals surface area contributed by atoms with Crippen molar-refractivity contribution in [3.8, 4) is 0 Å². The van der Waals surface area contributed by atoms with Gasteiger partial charge in [-0.2, -0.15) is 0 Å². The number of benzene rings is 1. The molecule has 0 saturated heterocycles. The van der Waals surface area contributed by atoms with Crippen molar-refractivity contribution in [1.82, 2.24) is 4.90 Å². The highest BCUT2D eigenvalue weighted by Gasteiger charge is 2.31. The Morgan fingerprint density at radius 1 is 1.00 bits per heavy atom. The summed E-state index contributed by atoms with van der Waals surface area (Å²) in [5, 5.41) is 0. The standard InChI is InChI=1S/C15H22N2/c16-15(8-4-1-5-9-15)12-17-10-13-6-2-3-7-14(13)11-17/h2-3,6-7H,1,4-5,8-12,16H2. The molecular formula is C15H22N2. The Morgan fingerprint density at radius 2 is 1.59 bits per heavy atom. The van der Waals surface area contributed by atoms with Crippen LogP contribution in [0.25, 0.3) is 0 Å². The van der Waals surface area contributed by atoms with E-state index in [1.165, 1.54) is 43.2 Å². The lowest BCUT2D eigenvalue weighted by Gasteiger charge is -2.36. The van der Waals surface area contributed by atoms with Gasteiger partial charge in [0, 0.05) is 25.2 Å². The van der Waals surface area contributed by atoms with Gasteiger partial charge in [0.25, 0.3) is 0 Å². The fourth-order valence-electron chi connectivity index (χ4n) is 3.37. The van der Waals surface area contributed by atoms with E-state index in [-0.39, 0.29) is 5.54 Å². The van der Waals surface area contributed by atoms with Crippen molar-refractivity contribution in [2.24, 2.45) is 5.73 Å².